The predicted molar refractivity (Wildman–Crippen MR) is 125 cm³/mol. The lowest BCUT2D eigenvalue weighted by Crippen LogP contribution is -2.60. The van der Waals surface area contributed by atoms with E-state index in [1.165, 1.54) is 24.3 Å². The van der Waals surface area contributed by atoms with E-state index < -0.39 is 27.9 Å². The number of benzene rings is 2. The van der Waals surface area contributed by atoms with Gasteiger partial charge in [-0.05, 0) is 60.2 Å². The summed E-state index contributed by atoms with van der Waals surface area (Å²) in [4.78, 5) is 27.1. The lowest BCUT2D eigenvalue weighted by Gasteiger charge is -2.44. The molecule has 2 aromatic rings. The molecule has 4 rings (SSSR count). The second kappa shape index (κ2) is 9.42. The molecule has 0 bridgehead atoms. The first-order chi connectivity index (χ1) is 15.7. The standard InChI is InChI=1S/C23H27ClN4O4S/c24-17-5-7-18(8-6-17)33(31,32)28-11-10-27(23(30)21(28)13-22(26)29)20-3-1-2-16-12-15(14-25)4-9-19(16)20/h4-9,12,20-21H,1-3,10-11,13-14,25H2,(H2,26,29)/t20-,21?/m1/s1. The Balaban J connectivity index is 1.66. The van der Waals surface area contributed by atoms with Gasteiger partial charge in [-0.25, -0.2) is 8.42 Å². The molecule has 2 aliphatic rings. The van der Waals surface area contributed by atoms with E-state index >= 15 is 0 Å². The van der Waals surface area contributed by atoms with Crippen LogP contribution in [0.1, 0.15) is 42.0 Å². The summed E-state index contributed by atoms with van der Waals surface area (Å²) in [6.07, 6.45) is 2.20. The van der Waals surface area contributed by atoms with Crippen molar-refractivity contribution in [3.8, 4) is 0 Å². The van der Waals surface area contributed by atoms with E-state index in [9.17, 15) is 18.0 Å². The average Bonchev–Trinajstić information content (AvgIpc) is 2.79. The number of piperazine rings is 1. The third-order valence-electron chi connectivity index (χ3n) is 6.39. The molecule has 2 aromatic carbocycles. The molecule has 1 unspecified atom stereocenters. The lowest BCUT2D eigenvalue weighted by atomic mass is 9.85. The molecule has 0 aromatic heterocycles. The van der Waals surface area contributed by atoms with Gasteiger partial charge in [0.15, 0.2) is 0 Å². The van der Waals surface area contributed by atoms with Gasteiger partial charge in [0.1, 0.15) is 6.04 Å². The first-order valence-electron chi connectivity index (χ1n) is 10.9. The van der Waals surface area contributed by atoms with Crippen LogP contribution < -0.4 is 11.5 Å². The number of nitrogens with two attached hydrogens (primary N) is 2. The van der Waals surface area contributed by atoms with E-state index in [0.29, 0.717) is 11.6 Å². The Bertz CT molecular complexity index is 1170. The Hall–Kier alpha value is -2.46. The molecule has 33 heavy (non-hydrogen) atoms. The van der Waals surface area contributed by atoms with Gasteiger partial charge in [0.05, 0.1) is 17.4 Å². The second-order valence-electron chi connectivity index (χ2n) is 8.43. The minimum Gasteiger partial charge on any atom is -0.370 e. The van der Waals surface area contributed by atoms with Crippen molar-refractivity contribution >= 4 is 33.4 Å². The summed E-state index contributed by atoms with van der Waals surface area (Å²) < 4.78 is 27.8. The summed E-state index contributed by atoms with van der Waals surface area (Å²) >= 11 is 5.90. The molecule has 1 saturated heterocycles. The summed E-state index contributed by atoms with van der Waals surface area (Å²) in [6.45, 7) is 0.740. The van der Waals surface area contributed by atoms with Crippen molar-refractivity contribution in [1.29, 1.82) is 0 Å². The van der Waals surface area contributed by atoms with Gasteiger partial charge in [-0.3, -0.25) is 9.59 Å². The molecule has 2 atom stereocenters. The van der Waals surface area contributed by atoms with E-state index in [2.05, 4.69) is 6.07 Å². The van der Waals surface area contributed by atoms with Crippen LogP contribution in [0.3, 0.4) is 0 Å². The number of fused-ring (bicyclic) bond motifs is 1. The fourth-order valence-corrected chi connectivity index (χ4v) is 6.50. The SMILES string of the molecule is NCc1ccc2c(c1)CCC[C@H]2N1CCN(S(=O)(=O)c2ccc(Cl)cc2)C(CC(N)=O)C1=O. The van der Waals surface area contributed by atoms with Crippen LogP contribution >= 0.6 is 11.6 Å². The number of carbonyl (C=O) groups is 2. The van der Waals surface area contributed by atoms with Gasteiger partial charge in [0, 0.05) is 24.7 Å². The van der Waals surface area contributed by atoms with Gasteiger partial charge in [-0.2, -0.15) is 4.31 Å². The van der Waals surface area contributed by atoms with Gasteiger partial charge in [0.2, 0.25) is 21.8 Å². The number of primary amides is 1. The number of halogens is 1. The van der Waals surface area contributed by atoms with Crippen molar-refractivity contribution in [2.24, 2.45) is 11.5 Å². The Morgan fingerprint density at radius 1 is 1.12 bits per heavy atom. The number of sulfonamides is 1. The monoisotopic (exact) mass is 490 g/mol. The normalized spacial score (nSPS) is 21.6. The maximum absolute atomic E-state index is 13.6. The minimum atomic E-state index is -4.02. The molecule has 8 nitrogen and oxygen atoms in total. The molecule has 0 spiro atoms. The topological polar surface area (TPSA) is 127 Å². The molecule has 1 fully saturated rings. The van der Waals surface area contributed by atoms with Crippen LogP contribution in [0.5, 0.6) is 0 Å². The summed E-state index contributed by atoms with van der Waals surface area (Å²) in [5.41, 5.74) is 14.4. The summed E-state index contributed by atoms with van der Waals surface area (Å²) in [5.74, 6) is -1.14. The van der Waals surface area contributed by atoms with Crippen LogP contribution in [0.2, 0.25) is 5.02 Å². The quantitative estimate of drug-likeness (QED) is 0.639. The van der Waals surface area contributed by atoms with Crippen LogP contribution in [-0.4, -0.2) is 48.6 Å². The van der Waals surface area contributed by atoms with Crippen LogP contribution in [-0.2, 0) is 32.6 Å². The molecule has 176 valence electrons. The highest BCUT2D eigenvalue weighted by Gasteiger charge is 2.45. The smallest absolute Gasteiger partial charge is 0.243 e. The van der Waals surface area contributed by atoms with E-state index in [1.54, 1.807) is 4.90 Å². The van der Waals surface area contributed by atoms with Crippen LogP contribution in [0.4, 0.5) is 0 Å². The van der Waals surface area contributed by atoms with Crippen molar-refractivity contribution in [2.75, 3.05) is 13.1 Å². The number of aryl methyl sites for hydroxylation is 1. The Kier molecular flexibility index (Phi) is 6.76. The van der Waals surface area contributed by atoms with Gasteiger partial charge < -0.3 is 16.4 Å². The molecule has 0 saturated carbocycles. The zero-order valence-electron chi connectivity index (χ0n) is 18.1. The molecular formula is C23H27ClN4O4S. The molecular weight excluding hydrogens is 464 g/mol. The second-order valence-corrected chi connectivity index (χ2v) is 10.8. The maximum Gasteiger partial charge on any atom is 0.243 e. The fourth-order valence-electron chi connectivity index (χ4n) is 4.80. The van der Waals surface area contributed by atoms with Crippen LogP contribution in [0.15, 0.2) is 47.4 Å². The van der Waals surface area contributed by atoms with E-state index in [-0.39, 0.29) is 30.4 Å². The Morgan fingerprint density at radius 3 is 2.52 bits per heavy atom. The number of hydrogen-bond donors (Lipinski definition) is 2. The fraction of sp³-hybridized carbons (Fsp3) is 0.391. The average molecular weight is 491 g/mol. The maximum atomic E-state index is 13.6. The Labute approximate surface area is 198 Å². The van der Waals surface area contributed by atoms with E-state index in [4.69, 9.17) is 23.1 Å². The molecule has 2 amide bonds. The third-order valence-corrected chi connectivity index (χ3v) is 8.57. The van der Waals surface area contributed by atoms with Crippen molar-refractivity contribution < 1.29 is 18.0 Å². The van der Waals surface area contributed by atoms with Gasteiger partial charge >= 0.3 is 0 Å². The Morgan fingerprint density at radius 2 is 1.85 bits per heavy atom. The largest absolute Gasteiger partial charge is 0.370 e. The van der Waals surface area contributed by atoms with Crippen molar-refractivity contribution in [3.05, 3.63) is 64.2 Å². The van der Waals surface area contributed by atoms with E-state index in [1.807, 2.05) is 12.1 Å². The minimum absolute atomic E-state index is 0.0138. The molecule has 1 heterocycles. The number of nitrogens with zero attached hydrogens (tertiary/aromatic N) is 2. The number of hydrogen-bond acceptors (Lipinski definition) is 5. The number of carbonyl (C=O) groups excluding carboxylic acids is 2. The summed E-state index contributed by atoms with van der Waals surface area (Å²) in [7, 11) is -4.02. The highest BCUT2D eigenvalue weighted by atomic mass is 35.5. The molecule has 0 radical (unpaired) electrons. The summed E-state index contributed by atoms with van der Waals surface area (Å²) in [6, 6.07) is 10.4. The highest BCUT2D eigenvalue weighted by Crippen LogP contribution is 2.37. The molecule has 1 aliphatic heterocycles. The number of rotatable bonds is 6. The zero-order valence-corrected chi connectivity index (χ0v) is 19.7. The number of amides is 2. The predicted octanol–water partition coefficient (Wildman–Crippen LogP) is 1.95. The van der Waals surface area contributed by atoms with Gasteiger partial charge in [-0.1, -0.05) is 29.8 Å². The highest BCUT2D eigenvalue weighted by molar-refractivity contribution is 7.89. The van der Waals surface area contributed by atoms with Gasteiger partial charge in [0.25, 0.3) is 0 Å². The van der Waals surface area contributed by atoms with E-state index in [0.717, 1.165) is 40.3 Å². The zero-order chi connectivity index (χ0) is 23.8. The molecule has 4 N–H and O–H groups in total. The summed E-state index contributed by atoms with van der Waals surface area (Å²) in [5, 5.41) is 0.400. The molecule has 10 heteroatoms. The third kappa shape index (κ3) is 4.63. The van der Waals surface area contributed by atoms with Gasteiger partial charge in [-0.15, -0.1) is 0 Å². The van der Waals surface area contributed by atoms with Crippen LogP contribution in [0, 0.1) is 0 Å². The molecule has 1 aliphatic carbocycles. The first kappa shape index (κ1) is 23.7. The van der Waals surface area contributed by atoms with Crippen molar-refractivity contribution in [3.63, 3.8) is 0 Å². The van der Waals surface area contributed by atoms with Crippen LogP contribution in [0.25, 0.3) is 0 Å². The lowest BCUT2D eigenvalue weighted by molar-refractivity contribution is -0.144. The van der Waals surface area contributed by atoms with Crippen molar-refractivity contribution in [2.45, 2.75) is 49.2 Å². The first-order valence-corrected chi connectivity index (χ1v) is 12.7. The van der Waals surface area contributed by atoms with Crippen molar-refractivity contribution in [1.82, 2.24) is 9.21 Å².